The summed E-state index contributed by atoms with van der Waals surface area (Å²) in [5, 5.41) is 0. The van der Waals surface area contributed by atoms with Crippen LogP contribution in [0.5, 0.6) is 0 Å². The topological polar surface area (TPSA) is 47.0 Å². The summed E-state index contributed by atoms with van der Waals surface area (Å²) in [5.74, 6) is 0. The molecular formula is C6H6ClF2NO2S. The Morgan fingerprint density at radius 1 is 1.31 bits per heavy atom. The fourth-order valence-corrected chi connectivity index (χ4v) is 1.16. The van der Waals surface area contributed by atoms with Crippen LogP contribution in [0.4, 0.5) is 8.28 Å². The van der Waals surface area contributed by atoms with Gasteiger partial charge in [-0.3, -0.25) is 4.98 Å². The molecule has 0 N–H and O–H groups in total. The van der Waals surface area contributed by atoms with E-state index in [1.54, 1.807) is 0 Å². The summed E-state index contributed by atoms with van der Waals surface area (Å²) in [5.41, 5.74) is -2.87. The van der Waals surface area contributed by atoms with E-state index in [0.29, 0.717) is 0 Å². The maximum atomic E-state index is 12.7. The monoisotopic (exact) mass is 229 g/mol. The van der Waals surface area contributed by atoms with Gasteiger partial charge in [0.05, 0.1) is 0 Å². The lowest BCUT2D eigenvalue weighted by atomic mass is 10.3. The molecule has 1 rings (SSSR count). The van der Waals surface area contributed by atoms with Crippen LogP contribution in [0.25, 0.3) is 0 Å². The second kappa shape index (κ2) is 4.48. The molecule has 13 heavy (non-hydrogen) atoms. The highest BCUT2D eigenvalue weighted by Gasteiger charge is 2.25. The number of hydrogen-bond acceptors (Lipinski definition) is 3. The first-order valence-electron chi connectivity index (χ1n) is 2.99. The molecule has 1 atom stereocenters. The van der Waals surface area contributed by atoms with E-state index in [2.05, 4.69) is 4.98 Å². The molecular weight excluding hydrogens is 224 g/mol. The highest BCUT2D eigenvalue weighted by atomic mass is 35.5. The van der Waals surface area contributed by atoms with Crippen LogP contribution in [0.2, 0.25) is 0 Å². The molecule has 1 unspecified atom stereocenters. The maximum Gasteiger partial charge on any atom is 0.339 e. The Kier molecular flexibility index (Phi) is 4.22. The minimum Gasteiger partial charge on any atom is -0.265 e. The molecule has 0 amide bonds. The van der Waals surface area contributed by atoms with Crippen LogP contribution in [0, 0.1) is 0 Å². The van der Waals surface area contributed by atoms with Crippen molar-refractivity contribution in [1.82, 2.24) is 4.98 Å². The van der Waals surface area contributed by atoms with Gasteiger partial charge in [0.2, 0.25) is 0 Å². The lowest BCUT2D eigenvalue weighted by Gasteiger charge is -2.01. The van der Waals surface area contributed by atoms with E-state index in [1.165, 1.54) is 12.4 Å². The maximum absolute atomic E-state index is 12.7. The lowest BCUT2D eigenvalue weighted by Crippen LogP contribution is -2.01. The van der Waals surface area contributed by atoms with Crippen LogP contribution in [-0.2, 0) is 10.2 Å². The summed E-state index contributed by atoms with van der Waals surface area (Å²) in [6.07, 6.45) is 2.38. The first-order chi connectivity index (χ1) is 5.52. The molecule has 0 fully saturated rings. The number of pyridine rings is 1. The van der Waals surface area contributed by atoms with Crippen molar-refractivity contribution in [2.24, 2.45) is 0 Å². The molecule has 74 valence electrons. The Bertz CT molecular complexity index is 356. The Labute approximate surface area is 80.4 Å². The van der Waals surface area contributed by atoms with Crippen molar-refractivity contribution < 1.29 is 16.7 Å². The number of alkyl halides is 1. The molecule has 0 aromatic carbocycles. The van der Waals surface area contributed by atoms with Gasteiger partial charge in [-0.05, 0) is 12.1 Å². The summed E-state index contributed by atoms with van der Waals surface area (Å²) in [4.78, 5) is 3.53. The van der Waals surface area contributed by atoms with Gasteiger partial charge in [0, 0.05) is 18.0 Å². The molecule has 0 radical (unpaired) electrons. The third kappa shape index (κ3) is 3.23. The Morgan fingerprint density at radius 3 is 2.15 bits per heavy atom. The average molecular weight is 230 g/mol. The Morgan fingerprint density at radius 2 is 1.77 bits per heavy atom. The highest BCUT2D eigenvalue weighted by Crippen LogP contribution is 2.23. The van der Waals surface area contributed by atoms with Crippen LogP contribution >= 0.6 is 12.4 Å². The number of rotatable bonds is 2. The third-order valence-corrected chi connectivity index (χ3v) is 1.98. The zero-order valence-electron chi connectivity index (χ0n) is 6.22. The molecule has 1 heterocycles. The van der Waals surface area contributed by atoms with Crippen molar-refractivity contribution in [2.45, 2.75) is 5.50 Å². The van der Waals surface area contributed by atoms with Gasteiger partial charge in [0.15, 0.2) is 0 Å². The largest absolute Gasteiger partial charge is 0.339 e. The molecule has 1 aromatic rings. The fraction of sp³-hybridized carbons (Fsp3) is 0.167. The minimum atomic E-state index is -5.15. The van der Waals surface area contributed by atoms with Crippen molar-refractivity contribution in [3.05, 3.63) is 30.1 Å². The SMILES string of the molecule is Cl.O=S(=O)(F)C(F)c1ccncc1. The van der Waals surface area contributed by atoms with Crippen LogP contribution in [-0.4, -0.2) is 13.4 Å². The van der Waals surface area contributed by atoms with Crippen molar-refractivity contribution in [2.75, 3.05) is 0 Å². The van der Waals surface area contributed by atoms with E-state index in [9.17, 15) is 16.7 Å². The third-order valence-electron chi connectivity index (χ3n) is 1.22. The van der Waals surface area contributed by atoms with E-state index in [-0.39, 0.29) is 18.0 Å². The van der Waals surface area contributed by atoms with Crippen LogP contribution in [0.1, 0.15) is 11.1 Å². The molecule has 0 aliphatic carbocycles. The van der Waals surface area contributed by atoms with E-state index < -0.39 is 15.7 Å². The first kappa shape index (κ1) is 12.2. The van der Waals surface area contributed by atoms with Gasteiger partial charge in [-0.2, -0.15) is 8.42 Å². The first-order valence-corrected chi connectivity index (χ1v) is 4.44. The van der Waals surface area contributed by atoms with Gasteiger partial charge >= 0.3 is 10.2 Å². The highest BCUT2D eigenvalue weighted by molar-refractivity contribution is 7.86. The average Bonchev–Trinajstić information content (AvgIpc) is 2.03. The number of halogens is 3. The summed E-state index contributed by atoms with van der Waals surface area (Å²) >= 11 is 0. The molecule has 0 bridgehead atoms. The van der Waals surface area contributed by atoms with Crippen LogP contribution < -0.4 is 0 Å². The quantitative estimate of drug-likeness (QED) is 0.726. The Balaban J connectivity index is 0.00000144. The minimum absolute atomic E-state index is 0. The van der Waals surface area contributed by atoms with Gasteiger partial charge in [0.25, 0.3) is 5.50 Å². The summed E-state index contributed by atoms with van der Waals surface area (Å²) in [7, 11) is -5.15. The second-order valence-corrected chi connectivity index (χ2v) is 3.44. The predicted octanol–water partition coefficient (Wildman–Crippen LogP) is 1.77. The number of aromatic nitrogens is 1. The molecule has 0 saturated heterocycles. The zero-order valence-corrected chi connectivity index (χ0v) is 7.86. The summed E-state index contributed by atoms with van der Waals surface area (Å²) in [6, 6.07) is 2.20. The van der Waals surface area contributed by atoms with Crippen molar-refractivity contribution in [3.63, 3.8) is 0 Å². The normalized spacial score (nSPS) is 13.1. The van der Waals surface area contributed by atoms with Crippen molar-refractivity contribution in [3.8, 4) is 0 Å². The second-order valence-electron chi connectivity index (χ2n) is 2.07. The fourth-order valence-electron chi connectivity index (χ4n) is 0.677. The molecule has 1 aromatic heterocycles. The smallest absolute Gasteiger partial charge is 0.265 e. The number of hydrogen-bond donors (Lipinski definition) is 0. The predicted molar refractivity (Wildman–Crippen MR) is 45.4 cm³/mol. The van der Waals surface area contributed by atoms with Gasteiger partial charge in [-0.15, -0.1) is 16.3 Å². The van der Waals surface area contributed by atoms with Gasteiger partial charge in [-0.1, -0.05) is 0 Å². The molecule has 0 aliphatic heterocycles. The lowest BCUT2D eigenvalue weighted by molar-refractivity contribution is 0.410. The summed E-state index contributed by atoms with van der Waals surface area (Å²) < 4.78 is 44.8. The van der Waals surface area contributed by atoms with Crippen LogP contribution in [0.3, 0.4) is 0 Å². The molecule has 0 saturated carbocycles. The number of nitrogens with zero attached hydrogens (tertiary/aromatic N) is 1. The van der Waals surface area contributed by atoms with Gasteiger partial charge in [-0.25, -0.2) is 4.39 Å². The van der Waals surface area contributed by atoms with E-state index in [4.69, 9.17) is 0 Å². The van der Waals surface area contributed by atoms with Crippen molar-refractivity contribution >= 4 is 22.6 Å². The standard InChI is InChI=1S/C6H5F2NO2S.ClH/c7-6(12(8,10)11)5-1-3-9-4-2-5;/h1-4,6H;1H. The molecule has 3 nitrogen and oxygen atoms in total. The van der Waals surface area contributed by atoms with E-state index in [1.807, 2.05) is 0 Å². The Hall–Kier alpha value is -0.750. The van der Waals surface area contributed by atoms with Gasteiger partial charge in [0.1, 0.15) is 0 Å². The zero-order chi connectivity index (χ0) is 9.19. The van der Waals surface area contributed by atoms with Crippen molar-refractivity contribution in [1.29, 1.82) is 0 Å². The van der Waals surface area contributed by atoms with E-state index in [0.717, 1.165) is 12.1 Å². The van der Waals surface area contributed by atoms with Gasteiger partial charge < -0.3 is 0 Å². The van der Waals surface area contributed by atoms with E-state index >= 15 is 0 Å². The molecule has 0 spiro atoms. The molecule has 0 aliphatic rings. The summed E-state index contributed by atoms with van der Waals surface area (Å²) in [6.45, 7) is 0. The molecule has 7 heteroatoms. The van der Waals surface area contributed by atoms with Crippen LogP contribution in [0.15, 0.2) is 24.5 Å².